The van der Waals surface area contributed by atoms with E-state index in [-0.39, 0.29) is 44.4 Å². The lowest BCUT2D eigenvalue weighted by Crippen LogP contribution is -2.25. The summed E-state index contributed by atoms with van der Waals surface area (Å²) in [5.41, 5.74) is 2.62. The smallest absolute Gasteiger partial charge is 0.211 e. The summed E-state index contributed by atoms with van der Waals surface area (Å²) in [6, 6.07) is 9.17. The van der Waals surface area contributed by atoms with E-state index in [1.54, 1.807) is 25.1 Å². The first-order valence-electron chi connectivity index (χ1n) is 8.38. The minimum atomic E-state index is -0.383. The van der Waals surface area contributed by atoms with Crippen LogP contribution in [-0.4, -0.2) is 26.8 Å². The molecule has 0 unspecified atom stereocenters. The van der Waals surface area contributed by atoms with Gasteiger partial charge in [-0.25, -0.2) is 4.99 Å². The zero-order valence-electron chi connectivity index (χ0n) is 15.1. The Balaban J connectivity index is 2.08. The monoisotopic (exact) mass is 417 g/mol. The molecule has 0 saturated carbocycles. The number of allylic oxidation sites excluding steroid dienone is 3. The van der Waals surface area contributed by atoms with Gasteiger partial charge < -0.3 is 15.3 Å². The van der Waals surface area contributed by atoms with Crippen molar-refractivity contribution in [2.75, 3.05) is 0 Å². The van der Waals surface area contributed by atoms with Gasteiger partial charge in [-0.05, 0) is 55.3 Å². The molecule has 0 radical (unpaired) electrons. The van der Waals surface area contributed by atoms with Crippen LogP contribution in [-0.2, 0) is 11.2 Å². The Kier molecular flexibility index (Phi) is 5.49. The van der Waals surface area contributed by atoms with Crippen LogP contribution in [0.4, 0.5) is 5.69 Å². The molecule has 28 heavy (non-hydrogen) atoms. The van der Waals surface area contributed by atoms with Crippen molar-refractivity contribution in [1.82, 2.24) is 0 Å². The molecule has 7 heteroatoms. The van der Waals surface area contributed by atoms with E-state index in [9.17, 15) is 20.1 Å². The van der Waals surface area contributed by atoms with E-state index in [0.717, 1.165) is 5.56 Å². The normalized spacial score (nSPS) is 16.3. The van der Waals surface area contributed by atoms with E-state index >= 15 is 0 Å². The lowest BCUT2D eigenvalue weighted by molar-refractivity contribution is -0.109. The third-order valence-corrected chi connectivity index (χ3v) is 5.18. The quantitative estimate of drug-likeness (QED) is 0.578. The molecular weight excluding hydrogens is 401 g/mol. The molecule has 1 aliphatic carbocycles. The summed E-state index contributed by atoms with van der Waals surface area (Å²) in [5.74, 6) is -0.579. The number of Topliss-reactive ketones (excluding diaryl/α,β-unsaturated/α-hetero) is 1. The molecule has 3 N–H and O–H groups in total. The summed E-state index contributed by atoms with van der Waals surface area (Å²) in [5, 5.41) is 30.0. The number of phenols is 2. The Morgan fingerprint density at radius 2 is 1.50 bits per heavy atom. The van der Waals surface area contributed by atoms with E-state index in [4.69, 9.17) is 23.2 Å². The summed E-state index contributed by atoms with van der Waals surface area (Å²) in [4.78, 5) is 17.1. The van der Waals surface area contributed by atoms with Crippen molar-refractivity contribution in [2.45, 2.75) is 20.3 Å². The van der Waals surface area contributed by atoms with Crippen LogP contribution in [0, 0.1) is 0 Å². The Hall–Kier alpha value is -2.76. The number of benzene rings is 2. The number of aliphatic hydroxyl groups is 1. The standard InChI is InChI=1S/C21H17Cl2NO4/c1-10-14(7-12-3-5-17(25)15(22)8-12)20(27)11(2)21(28)19(10)24-13-4-6-18(26)16(23)9-13/h3-6,8-9,25-27H,7H2,1-2H3. The molecule has 0 saturated heterocycles. The number of hydrogen-bond acceptors (Lipinski definition) is 5. The molecule has 144 valence electrons. The third kappa shape index (κ3) is 3.77. The predicted molar refractivity (Wildman–Crippen MR) is 110 cm³/mol. The topological polar surface area (TPSA) is 90.1 Å². The Bertz CT molecular complexity index is 1080. The zero-order chi connectivity index (χ0) is 20.6. The molecule has 5 nitrogen and oxygen atoms in total. The molecule has 0 aromatic heterocycles. The van der Waals surface area contributed by atoms with Crippen LogP contribution < -0.4 is 0 Å². The van der Waals surface area contributed by atoms with Crippen LogP contribution in [0.15, 0.2) is 63.9 Å². The van der Waals surface area contributed by atoms with Crippen molar-refractivity contribution < 1.29 is 20.1 Å². The molecule has 0 spiro atoms. The summed E-state index contributed by atoms with van der Waals surface area (Å²) >= 11 is 11.9. The maximum Gasteiger partial charge on any atom is 0.211 e. The number of aliphatic imine (C=N–C) groups is 1. The fourth-order valence-corrected chi connectivity index (χ4v) is 3.29. The van der Waals surface area contributed by atoms with Gasteiger partial charge in [0.2, 0.25) is 5.78 Å². The molecule has 0 aliphatic heterocycles. The van der Waals surface area contributed by atoms with Crippen molar-refractivity contribution in [2.24, 2.45) is 4.99 Å². The summed E-state index contributed by atoms with van der Waals surface area (Å²) in [7, 11) is 0. The van der Waals surface area contributed by atoms with Crippen molar-refractivity contribution in [3.8, 4) is 11.5 Å². The minimum Gasteiger partial charge on any atom is -0.507 e. The van der Waals surface area contributed by atoms with Crippen molar-refractivity contribution in [3.05, 3.63) is 74.5 Å². The number of carbonyl (C=O) groups excluding carboxylic acids is 1. The first-order valence-corrected chi connectivity index (χ1v) is 9.14. The molecule has 0 amide bonds. The number of halogens is 2. The van der Waals surface area contributed by atoms with E-state index in [1.807, 2.05) is 0 Å². The van der Waals surface area contributed by atoms with Crippen LogP contribution in [0.2, 0.25) is 10.0 Å². The van der Waals surface area contributed by atoms with Crippen LogP contribution in [0.5, 0.6) is 11.5 Å². The molecule has 0 heterocycles. The number of ketones is 1. The van der Waals surface area contributed by atoms with Gasteiger partial charge in [0.15, 0.2) is 0 Å². The first kappa shape index (κ1) is 20.0. The van der Waals surface area contributed by atoms with E-state index in [2.05, 4.69) is 4.99 Å². The largest absolute Gasteiger partial charge is 0.507 e. The number of carbonyl (C=O) groups is 1. The number of aromatic hydroxyl groups is 2. The molecule has 1 aliphatic rings. The minimum absolute atomic E-state index is 0.0302. The van der Waals surface area contributed by atoms with Gasteiger partial charge in [-0.1, -0.05) is 29.3 Å². The second kappa shape index (κ2) is 7.70. The van der Waals surface area contributed by atoms with E-state index < -0.39 is 0 Å². The molecule has 0 bridgehead atoms. The van der Waals surface area contributed by atoms with Crippen LogP contribution >= 0.6 is 23.2 Å². The third-order valence-electron chi connectivity index (χ3n) is 4.57. The van der Waals surface area contributed by atoms with Crippen molar-refractivity contribution >= 4 is 40.4 Å². The molecule has 2 aromatic carbocycles. The average molecular weight is 418 g/mol. The fourth-order valence-electron chi connectivity index (χ4n) is 2.91. The lowest BCUT2D eigenvalue weighted by atomic mass is 9.86. The Labute approximate surface area is 171 Å². The van der Waals surface area contributed by atoms with Crippen molar-refractivity contribution in [3.63, 3.8) is 0 Å². The SMILES string of the molecule is CC1=C(O)C(Cc2ccc(O)c(Cl)c2)=C(C)C(=Nc2ccc(O)c(Cl)c2)C1=O. The highest BCUT2D eigenvalue weighted by molar-refractivity contribution is 6.52. The van der Waals surface area contributed by atoms with Gasteiger partial charge in [0.1, 0.15) is 23.0 Å². The lowest BCUT2D eigenvalue weighted by Gasteiger charge is -2.21. The van der Waals surface area contributed by atoms with Gasteiger partial charge in [0.05, 0.1) is 15.7 Å². The fraction of sp³-hybridized carbons (Fsp3) is 0.143. The zero-order valence-corrected chi connectivity index (χ0v) is 16.6. The number of nitrogens with zero attached hydrogens (tertiary/aromatic N) is 1. The maximum atomic E-state index is 12.7. The van der Waals surface area contributed by atoms with Gasteiger partial charge in [-0.3, -0.25) is 4.79 Å². The van der Waals surface area contributed by atoms with Crippen LogP contribution in [0.1, 0.15) is 19.4 Å². The summed E-state index contributed by atoms with van der Waals surface area (Å²) in [6.07, 6.45) is 0.303. The molecule has 3 rings (SSSR count). The van der Waals surface area contributed by atoms with Gasteiger partial charge >= 0.3 is 0 Å². The highest BCUT2D eigenvalue weighted by atomic mass is 35.5. The maximum absolute atomic E-state index is 12.7. The summed E-state index contributed by atoms with van der Waals surface area (Å²) < 4.78 is 0. The average Bonchev–Trinajstić information content (AvgIpc) is 2.66. The van der Waals surface area contributed by atoms with Gasteiger partial charge in [-0.2, -0.15) is 0 Å². The second-order valence-electron chi connectivity index (χ2n) is 6.46. The molecule has 2 aromatic rings. The van der Waals surface area contributed by atoms with Gasteiger partial charge in [0, 0.05) is 17.6 Å². The molecule has 0 atom stereocenters. The Morgan fingerprint density at radius 1 is 0.893 bits per heavy atom. The second-order valence-corrected chi connectivity index (χ2v) is 7.28. The molecule has 0 fully saturated rings. The van der Waals surface area contributed by atoms with Gasteiger partial charge in [0.25, 0.3) is 0 Å². The number of rotatable bonds is 3. The van der Waals surface area contributed by atoms with Crippen LogP contribution in [0.3, 0.4) is 0 Å². The highest BCUT2D eigenvalue weighted by Gasteiger charge is 2.29. The van der Waals surface area contributed by atoms with E-state index in [1.165, 1.54) is 25.1 Å². The highest BCUT2D eigenvalue weighted by Crippen LogP contribution is 2.33. The Morgan fingerprint density at radius 3 is 2.11 bits per heavy atom. The number of phenolic OH excluding ortho intramolecular Hbond substituents is 2. The van der Waals surface area contributed by atoms with Crippen LogP contribution in [0.25, 0.3) is 0 Å². The number of aliphatic hydroxyl groups excluding tert-OH is 1. The first-order chi connectivity index (χ1) is 13.2. The van der Waals surface area contributed by atoms with E-state index in [0.29, 0.717) is 23.3 Å². The summed E-state index contributed by atoms with van der Waals surface area (Å²) in [6.45, 7) is 3.24. The number of hydrogen-bond donors (Lipinski definition) is 3. The van der Waals surface area contributed by atoms with Gasteiger partial charge in [-0.15, -0.1) is 0 Å². The molecular formula is C21H17Cl2NO4. The predicted octanol–water partition coefficient (Wildman–Crippen LogP) is 5.45. The van der Waals surface area contributed by atoms with Crippen molar-refractivity contribution in [1.29, 1.82) is 0 Å².